The van der Waals surface area contributed by atoms with Crippen LogP contribution in [0.2, 0.25) is 5.02 Å². The Bertz CT molecular complexity index is 1330. The highest BCUT2D eigenvalue weighted by Gasteiger charge is 2.27. The smallest absolute Gasteiger partial charge is 0.331 e. The van der Waals surface area contributed by atoms with Crippen LogP contribution in [0.25, 0.3) is 17.1 Å². The highest BCUT2D eigenvalue weighted by molar-refractivity contribution is 6.30. The number of carbonyl (C=O) groups is 1. The number of aromatic nitrogens is 4. The van der Waals surface area contributed by atoms with Crippen molar-refractivity contribution in [3.63, 3.8) is 0 Å². The molecule has 0 bridgehead atoms. The zero-order valence-corrected chi connectivity index (χ0v) is 23.2. The Kier molecular flexibility index (Phi) is 7.59. The Morgan fingerprint density at radius 2 is 1.89 bits per heavy atom. The topological polar surface area (TPSA) is 85.6 Å². The molecule has 0 N–H and O–H groups in total. The molecule has 2 aromatic heterocycles. The van der Waals surface area contributed by atoms with E-state index in [-0.39, 0.29) is 6.23 Å². The summed E-state index contributed by atoms with van der Waals surface area (Å²) in [7, 11) is 0. The standard InChI is InChI=1S/C28H35ClN6O3/c1-19-8-9-20(29)17-22(19)33-12-14-34(15-13-33)26-25-21(10-11-24(36)38-28(2,3)4)32-35(27(25)31-18-30-26)23-7-5-6-16-37-23/h8-11,17-18,23H,5-7,12-16H2,1-4H3/b11-10+. The SMILES string of the molecule is Cc1ccc(Cl)cc1N1CCN(c2ncnc3c2c(/C=C/C(=O)OC(C)(C)C)nn3C2CCCCO2)CC1. The van der Waals surface area contributed by atoms with Crippen LogP contribution in [0.4, 0.5) is 11.5 Å². The number of fused-ring (bicyclic) bond motifs is 1. The Labute approximate surface area is 228 Å². The first kappa shape index (κ1) is 26.4. The first-order valence-corrected chi connectivity index (χ1v) is 13.6. The third-order valence-corrected chi connectivity index (χ3v) is 7.03. The molecule has 2 aliphatic heterocycles. The molecule has 0 saturated carbocycles. The average Bonchev–Trinajstić information content (AvgIpc) is 3.27. The molecule has 4 heterocycles. The van der Waals surface area contributed by atoms with Gasteiger partial charge in [-0.2, -0.15) is 5.10 Å². The number of anilines is 2. The van der Waals surface area contributed by atoms with Crippen LogP contribution < -0.4 is 9.80 Å². The number of esters is 1. The number of hydrogen-bond acceptors (Lipinski definition) is 8. The van der Waals surface area contributed by atoms with Crippen LogP contribution in [-0.4, -0.2) is 64.1 Å². The molecule has 5 rings (SSSR count). The van der Waals surface area contributed by atoms with Crippen molar-refractivity contribution in [3.8, 4) is 0 Å². The summed E-state index contributed by atoms with van der Waals surface area (Å²) in [6.45, 7) is 11.6. The molecular formula is C28H35ClN6O3. The fourth-order valence-corrected chi connectivity index (χ4v) is 5.19. The second-order valence-electron chi connectivity index (χ2n) is 10.8. The number of ether oxygens (including phenoxy) is 2. The van der Waals surface area contributed by atoms with Crippen LogP contribution in [0.3, 0.4) is 0 Å². The summed E-state index contributed by atoms with van der Waals surface area (Å²) in [5.41, 5.74) is 3.13. The molecule has 0 aliphatic carbocycles. The van der Waals surface area contributed by atoms with Gasteiger partial charge in [-0.3, -0.25) is 0 Å². The maximum atomic E-state index is 12.5. The Morgan fingerprint density at radius 1 is 1.13 bits per heavy atom. The lowest BCUT2D eigenvalue weighted by Gasteiger charge is -2.37. The minimum atomic E-state index is -0.575. The predicted octanol–water partition coefficient (Wildman–Crippen LogP) is 5.17. The molecule has 0 spiro atoms. The van der Waals surface area contributed by atoms with E-state index in [9.17, 15) is 4.79 Å². The molecule has 2 saturated heterocycles. The van der Waals surface area contributed by atoms with E-state index in [0.29, 0.717) is 17.9 Å². The van der Waals surface area contributed by atoms with Gasteiger partial charge in [-0.1, -0.05) is 17.7 Å². The van der Waals surface area contributed by atoms with Crippen molar-refractivity contribution < 1.29 is 14.3 Å². The molecule has 9 nitrogen and oxygen atoms in total. The molecule has 1 aromatic carbocycles. The lowest BCUT2D eigenvalue weighted by atomic mass is 10.1. The molecule has 0 amide bonds. The van der Waals surface area contributed by atoms with E-state index >= 15 is 0 Å². The van der Waals surface area contributed by atoms with Gasteiger partial charge in [0.25, 0.3) is 0 Å². The lowest BCUT2D eigenvalue weighted by molar-refractivity contribution is -0.148. The number of piperazine rings is 1. The lowest BCUT2D eigenvalue weighted by Crippen LogP contribution is -2.47. The summed E-state index contributed by atoms with van der Waals surface area (Å²) < 4.78 is 13.4. The third-order valence-electron chi connectivity index (χ3n) is 6.80. The summed E-state index contributed by atoms with van der Waals surface area (Å²) in [6, 6.07) is 6.01. The van der Waals surface area contributed by atoms with Crippen molar-refractivity contribution in [3.05, 3.63) is 46.9 Å². The molecule has 3 aromatic rings. The van der Waals surface area contributed by atoms with E-state index in [4.69, 9.17) is 31.2 Å². The van der Waals surface area contributed by atoms with Crippen molar-refractivity contribution in [1.29, 1.82) is 0 Å². The number of halogens is 1. The largest absolute Gasteiger partial charge is 0.457 e. The zero-order chi connectivity index (χ0) is 26.9. The Balaban J connectivity index is 1.47. The molecule has 1 unspecified atom stereocenters. The number of nitrogens with zero attached hydrogens (tertiary/aromatic N) is 6. The fourth-order valence-electron chi connectivity index (χ4n) is 5.02. The molecule has 10 heteroatoms. The van der Waals surface area contributed by atoms with Crippen LogP contribution >= 0.6 is 11.6 Å². The van der Waals surface area contributed by atoms with E-state index in [0.717, 1.165) is 67.4 Å². The maximum Gasteiger partial charge on any atom is 0.331 e. The van der Waals surface area contributed by atoms with Gasteiger partial charge in [-0.05, 0) is 70.7 Å². The molecule has 38 heavy (non-hydrogen) atoms. The van der Waals surface area contributed by atoms with Gasteiger partial charge in [0.15, 0.2) is 11.9 Å². The number of benzene rings is 1. The summed E-state index contributed by atoms with van der Waals surface area (Å²) in [6.07, 6.45) is 7.50. The predicted molar refractivity (Wildman–Crippen MR) is 150 cm³/mol. The van der Waals surface area contributed by atoms with Crippen molar-refractivity contribution in [2.75, 3.05) is 42.6 Å². The molecule has 2 fully saturated rings. The van der Waals surface area contributed by atoms with Gasteiger partial charge in [-0.25, -0.2) is 19.4 Å². The van der Waals surface area contributed by atoms with Crippen molar-refractivity contribution in [2.45, 2.75) is 58.8 Å². The Hall–Kier alpha value is -3.17. The first-order chi connectivity index (χ1) is 18.2. The van der Waals surface area contributed by atoms with Crippen LogP contribution in [-0.2, 0) is 14.3 Å². The van der Waals surface area contributed by atoms with Gasteiger partial charge in [0, 0.05) is 49.6 Å². The fraction of sp³-hybridized carbons (Fsp3) is 0.500. The van der Waals surface area contributed by atoms with Gasteiger partial charge in [0.1, 0.15) is 17.7 Å². The van der Waals surface area contributed by atoms with Crippen molar-refractivity contribution >= 4 is 46.2 Å². The monoisotopic (exact) mass is 538 g/mol. The second-order valence-corrected chi connectivity index (χ2v) is 11.3. The summed E-state index contributed by atoms with van der Waals surface area (Å²) in [5, 5.41) is 6.42. The highest BCUT2D eigenvalue weighted by Crippen LogP contribution is 2.33. The van der Waals surface area contributed by atoms with E-state index in [1.165, 1.54) is 11.6 Å². The van der Waals surface area contributed by atoms with Gasteiger partial charge in [0.2, 0.25) is 0 Å². The molecule has 0 radical (unpaired) electrons. The van der Waals surface area contributed by atoms with Crippen LogP contribution in [0, 0.1) is 6.92 Å². The van der Waals surface area contributed by atoms with Gasteiger partial charge in [0.05, 0.1) is 11.1 Å². The van der Waals surface area contributed by atoms with Crippen molar-refractivity contribution in [2.24, 2.45) is 0 Å². The maximum absolute atomic E-state index is 12.5. The zero-order valence-electron chi connectivity index (χ0n) is 22.5. The number of aryl methyl sites for hydroxylation is 1. The molecule has 1 atom stereocenters. The van der Waals surface area contributed by atoms with E-state index in [1.807, 2.05) is 37.6 Å². The normalized spacial score (nSPS) is 18.9. The van der Waals surface area contributed by atoms with Crippen molar-refractivity contribution in [1.82, 2.24) is 19.7 Å². The van der Waals surface area contributed by atoms with Crippen LogP contribution in [0.15, 0.2) is 30.6 Å². The van der Waals surface area contributed by atoms with Crippen LogP contribution in [0.1, 0.15) is 57.5 Å². The first-order valence-electron chi connectivity index (χ1n) is 13.2. The van der Waals surface area contributed by atoms with Gasteiger partial charge >= 0.3 is 5.97 Å². The minimum Gasteiger partial charge on any atom is -0.457 e. The average molecular weight is 539 g/mol. The minimum absolute atomic E-state index is 0.194. The van der Waals surface area contributed by atoms with E-state index < -0.39 is 11.6 Å². The van der Waals surface area contributed by atoms with Gasteiger partial charge < -0.3 is 19.3 Å². The Morgan fingerprint density at radius 3 is 2.61 bits per heavy atom. The second kappa shape index (κ2) is 10.9. The number of carbonyl (C=O) groups excluding carboxylic acids is 1. The molecule has 202 valence electrons. The molecular weight excluding hydrogens is 504 g/mol. The van der Waals surface area contributed by atoms with E-state index in [2.05, 4.69) is 27.8 Å². The van der Waals surface area contributed by atoms with Crippen LogP contribution in [0.5, 0.6) is 0 Å². The third kappa shape index (κ3) is 5.78. The highest BCUT2D eigenvalue weighted by atomic mass is 35.5. The number of rotatable bonds is 5. The van der Waals surface area contributed by atoms with Gasteiger partial charge in [-0.15, -0.1) is 0 Å². The number of hydrogen-bond donors (Lipinski definition) is 0. The summed E-state index contributed by atoms with van der Waals surface area (Å²) in [5.74, 6) is 0.390. The quantitative estimate of drug-likeness (QED) is 0.325. The summed E-state index contributed by atoms with van der Waals surface area (Å²) >= 11 is 6.28. The molecule has 2 aliphatic rings. The van der Waals surface area contributed by atoms with E-state index in [1.54, 1.807) is 12.4 Å². The summed E-state index contributed by atoms with van der Waals surface area (Å²) in [4.78, 5) is 26.4.